The van der Waals surface area contributed by atoms with E-state index in [-0.39, 0.29) is 5.91 Å². The first-order chi connectivity index (χ1) is 9.19. The minimum Gasteiger partial charge on any atom is -0.397 e. The van der Waals surface area contributed by atoms with E-state index in [1.165, 1.54) is 0 Å². The predicted octanol–water partition coefficient (Wildman–Crippen LogP) is 1.86. The van der Waals surface area contributed by atoms with E-state index in [0.29, 0.717) is 24.4 Å². The number of unbranched alkanes of at least 4 members (excludes halogenated alkanes) is 1. The molecule has 0 fully saturated rings. The number of anilines is 2. The van der Waals surface area contributed by atoms with Gasteiger partial charge in [0.25, 0.3) is 5.91 Å². The number of nitrogens with one attached hydrogen (secondary N) is 2. The number of nitrogens with two attached hydrogens (primary N) is 1. The van der Waals surface area contributed by atoms with Crippen molar-refractivity contribution in [1.29, 1.82) is 0 Å². The second kappa shape index (κ2) is 8.37. The standard InChI is InChI=1S/C14H23N3O2/c1-3-4-8-19-9-7-17-13-10-11(14(18)16-2)5-6-12(13)15/h5-6,10,17H,3-4,7-9,15H2,1-2H3,(H,16,18). The van der Waals surface area contributed by atoms with Gasteiger partial charge in [0, 0.05) is 25.8 Å². The Morgan fingerprint density at radius 2 is 2.16 bits per heavy atom. The van der Waals surface area contributed by atoms with Crippen LogP contribution in [0.2, 0.25) is 0 Å². The molecule has 0 saturated carbocycles. The maximum Gasteiger partial charge on any atom is 0.251 e. The Hall–Kier alpha value is -1.75. The Labute approximate surface area is 114 Å². The van der Waals surface area contributed by atoms with Crippen LogP contribution in [0.4, 0.5) is 11.4 Å². The molecule has 0 radical (unpaired) electrons. The zero-order chi connectivity index (χ0) is 14.1. The molecule has 5 nitrogen and oxygen atoms in total. The highest BCUT2D eigenvalue weighted by molar-refractivity contribution is 5.96. The first-order valence-electron chi connectivity index (χ1n) is 6.62. The summed E-state index contributed by atoms with van der Waals surface area (Å²) in [6, 6.07) is 5.18. The summed E-state index contributed by atoms with van der Waals surface area (Å²) in [4.78, 5) is 11.5. The number of ether oxygens (including phenoxy) is 1. The van der Waals surface area contributed by atoms with E-state index in [4.69, 9.17) is 10.5 Å². The molecule has 19 heavy (non-hydrogen) atoms. The fourth-order valence-electron chi connectivity index (χ4n) is 1.60. The highest BCUT2D eigenvalue weighted by Gasteiger charge is 2.06. The quantitative estimate of drug-likeness (QED) is 0.495. The number of hydrogen-bond donors (Lipinski definition) is 3. The number of amides is 1. The first-order valence-corrected chi connectivity index (χ1v) is 6.62. The number of rotatable bonds is 8. The summed E-state index contributed by atoms with van der Waals surface area (Å²) in [6.45, 7) is 4.22. The van der Waals surface area contributed by atoms with Crippen molar-refractivity contribution >= 4 is 17.3 Å². The summed E-state index contributed by atoms with van der Waals surface area (Å²) >= 11 is 0. The van der Waals surface area contributed by atoms with Crippen LogP contribution < -0.4 is 16.4 Å². The Morgan fingerprint density at radius 1 is 1.37 bits per heavy atom. The van der Waals surface area contributed by atoms with Crippen molar-refractivity contribution in [2.24, 2.45) is 0 Å². The van der Waals surface area contributed by atoms with E-state index >= 15 is 0 Å². The lowest BCUT2D eigenvalue weighted by atomic mass is 10.1. The zero-order valence-corrected chi connectivity index (χ0v) is 11.7. The van der Waals surface area contributed by atoms with E-state index in [1.54, 1.807) is 25.2 Å². The van der Waals surface area contributed by atoms with Gasteiger partial charge in [-0.2, -0.15) is 0 Å². The number of benzene rings is 1. The van der Waals surface area contributed by atoms with Crippen LogP contribution in [0.15, 0.2) is 18.2 Å². The third-order valence-corrected chi connectivity index (χ3v) is 2.75. The van der Waals surface area contributed by atoms with Crippen molar-refractivity contribution in [3.63, 3.8) is 0 Å². The van der Waals surface area contributed by atoms with Gasteiger partial charge in [0.15, 0.2) is 0 Å². The summed E-state index contributed by atoms with van der Waals surface area (Å²) in [5.41, 5.74) is 7.84. The third-order valence-electron chi connectivity index (χ3n) is 2.75. The molecule has 0 aromatic heterocycles. The Bertz CT molecular complexity index is 408. The van der Waals surface area contributed by atoms with Gasteiger partial charge in [0.2, 0.25) is 0 Å². The molecule has 0 aliphatic rings. The van der Waals surface area contributed by atoms with Crippen LogP contribution in [-0.4, -0.2) is 32.7 Å². The summed E-state index contributed by atoms with van der Waals surface area (Å²) in [7, 11) is 1.60. The summed E-state index contributed by atoms with van der Waals surface area (Å²) in [6.07, 6.45) is 2.21. The lowest BCUT2D eigenvalue weighted by Gasteiger charge is -2.11. The molecule has 0 spiro atoms. The van der Waals surface area contributed by atoms with Crippen molar-refractivity contribution in [3.8, 4) is 0 Å². The number of carbonyl (C=O) groups excluding carboxylic acids is 1. The van der Waals surface area contributed by atoms with Gasteiger partial charge in [0.05, 0.1) is 18.0 Å². The van der Waals surface area contributed by atoms with Crippen LogP contribution in [0, 0.1) is 0 Å². The molecule has 0 bridgehead atoms. The van der Waals surface area contributed by atoms with Gasteiger partial charge < -0.3 is 21.1 Å². The van der Waals surface area contributed by atoms with E-state index in [2.05, 4.69) is 17.6 Å². The van der Waals surface area contributed by atoms with Crippen molar-refractivity contribution in [3.05, 3.63) is 23.8 Å². The molecule has 1 aromatic carbocycles. The van der Waals surface area contributed by atoms with E-state index in [9.17, 15) is 4.79 Å². The second-order valence-corrected chi connectivity index (χ2v) is 4.27. The van der Waals surface area contributed by atoms with Gasteiger partial charge in [0.1, 0.15) is 0 Å². The SMILES string of the molecule is CCCCOCCNc1cc(C(=O)NC)ccc1N. The minimum atomic E-state index is -0.123. The molecule has 106 valence electrons. The molecular weight excluding hydrogens is 242 g/mol. The molecule has 1 rings (SSSR count). The van der Waals surface area contributed by atoms with Crippen molar-refractivity contribution < 1.29 is 9.53 Å². The summed E-state index contributed by atoms with van der Waals surface area (Å²) in [5, 5.41) is 5.77. The minimum absolute atomic E-state index is 0.123. The van der Waals surface area contributed by atoms with Crippen LogP contribution >= 0.6 is 0 Å². The monoisotopic (exact) mass is 265 g/mol. The lowest BCUT2D eigenvalue weighted by molar-refractivity contribution is 0.0963. The van der Waals surface area contributed by atoms with Crippen LogP contribution in [-0.2, 0) is 4.74 Å². The number of hydrogen-bond acceptors (Lipinski definition) is 4. The van der Waals surface area contributed by atoms with Crippen LogP contribution in [0.3, 0.4) is 0 Å². The molecule has 0 saturated heterocycles. The fourth-order valence-corrected chi connectivity index (χ4v) is 1.60. The zero-order valence-electron chi connectivity index (χ0n) is 11.7. The number of nitrogen functional groups attached to an aromatic ring is 1. The Morgan fingerprint density at radius 3 is 2.84 bits per heavy atom. The normalized spacial score (nSPS) is 10.2. The van der Waals surface area contributed by atoms with Crippen LogP contribution in [0.25, 0.3) is 0 Å². The predicted molar refractivity (Wildman–Crippen MR) is 78.5 cm³/mol. The average Bonchev–Trinajstić information content (AvgIpc) is 2.43. The molecule has 0 aliphatic heterocycles. The first kappa shape index (κ1) is 15.3. The maximum absolute atomic E-state index is 11.5. The van der Waals surface area contributed by atoms with Crippen molar-refractivity contribution in [1.82, 2.24) is 5.32 Å². The lowest BCUT2D eigenvalue weighted by Crippen LogP contribution is -2.18. The van der Waals surface area contributed by atoms with Crippen LogP contribution in [0.5, 0.6) is 0 Å². The Balaban J connectivity index is 2.46. The maximum atomic E-state index is 11.5. The fraction of sp³-hybridized carbons (Fsp3) is 0.500. The summed E-state index contributed by atoms with van der Waals surface area (Å²) < 4.78 is 5.45. The largest absolute Gasteiger partial charge is 0.397 e. The highest BCUT2D eigenvalue weighted by Crippen LogP contribution is 2.19. The van der Waals surface area contributed by atoms with E-state index in [1.807, 2.05) is 0 Å². The molecule has 1 aromatic rings. The average molecular weight is 265 g/mol. The summed E-state index contributed by atoms with van der Waals surface area (Å²) in [5.74, 6) is -0.123. The van der Waals surface area contributed by atoms with Gasteiger partial charge in [-0.3, -0.25) is 4.79 Å². The van der Waals surface area contributed by atoms with E-state index < -0.39 is 0 Å². The van der Waals surface area contributed by atoms with Gasteiger partial charge in [-0.05, 0) is 24.6 Å². The molecule has 0 aliphatic carbocycles. The third kappa shape index (κ3) is 5.18. The second-order valence-electron chi connectivity index (χ2n) is 4.27. The molecule has 0 atom stereocenters. The van der Waals surface area contributed by atoms with E-state index in [0.717, 1.165) is 25.1 Å². The topological polar surface area (TPSA) is 76.4 Å². The molecule has 0 heterocycles. The smallest absolute Gasteiger partial charge is 0.251 e. The van der Waals surface area contributed by atoms with Crippen LogP contribution in [0.1, 0.15) is 30.1 Å². The highest BCUT2D eigenvalue weighted by atomic mass is 16.5. The molecule has 1 amide bonds. The van der Waals surface area contributed by atoms with Gasteiger partial charge >= 0.3 is 0 Å². The molecular formula is C14H23N3O2. The van der Waals surface area contributed by atoms with Gasteiger partial charge in [-0.1, -0.05) is 13.3 Å². The Kier molecular flexibility index (Phi) is 6.74. The number of carbonyl (C=O) groups is 1. The van der Waals surface area contributed by atoms with Gasteiger partial charge in [-0.25, -0.2) is 0 Å². The molecule has 4 N–H and O–H groups in total. The van der Waals surface area contributed by atoms with Crippen molar-refractivity contribution in [2.75, 3.05) is 37.9 Å². The molecule has 5 heteroatoms. The van der Waals surface area contributed by atoms with Gasteiger partial charge in [-0.15, -0.1) is 0 Å². The molecule has 0 unspecified atom stereocenters. The van der Waals surface area contributed by atoms with Crippen molar-refractivity contribution in [2.45, 2.75) is 19.8 Å².